The summed E-state index contributed by atoms with van der Waals surface area (Å²) in [5, 5.41) is 18.1. The van der Waals surface area contributed by atoms with E-state index in [-0.39, 0.29) is 18.6 Å². The Morgan fingerprint density at radius 1 is 1.60 bits per heavy atom. The van der Waals surface area contributed by atoms with Crippen molar-refractivity contribution < 1.29 is 10.2 Å². The third kappa shape index (κ3) is 1.68. The second-order valence-corrected chi connectivity index (χ2v) is 3.06. The van der Waals surface area contributed by atoms with Crippen molar-refractivity contribution in [2.75, 3.05) is 26.7 Å². The first kappa shape index (κ1) is 7.98. The van der Waals surface area contributed by atoms with Crippen molar-refractivity contribution in [3.63, 3.8) is 0 Å². The van der Waals surface area contributed by atoms with Crippen molar-refractivity contribution in [2.45, 2.75) is 12.5 Å². The van der Waals surface area contributed by atoms with E-state index in [0.717, 1.165) is 13.0 Å². The molecule has 0 aromatic carbocycles. The molecule has 0 amide bonds. The Bertz CT molecular complexity index is 108. The van der Waals surface area contributed by atoms with Gasteiger partial charge in [0.05, 0.1) is 6.10 Å². The molecule has 3 heteroatoms. The number of β-amino-alcohol motifs (C(OH)–C–C–N with tert-alkyl or cyclic N) is 1. The van der Waals surface area contributed by atoms with E-state index in [2.05, 4.69) is 4.90 Å². The molecule has 1 aliphatic rings. The van der Waals surface area contributed by atoms with Gasteiger partial charge in [0.1, 0.15) is 0 Å². The number of hydrogen-bond donors (Lipinski definition) is 2. The predicted octanol–water partition coefficient (Wildman–Crippen LogP) is -0.709. The van der Waals surface area contributed by atoms with E-state index in [4.69, 9.17) is 5.11 Å². The average molecular weight is 145 g/mol. The first-order valence-corrected chi connectivity index (χ1v) is 3.71. The van der Waals surface area contributed by atoms with Crippen LogP contribution in [-0.2, 0) is 0 Å². The molecule has 0 radical (unpaired) electrons. The standard InChI is InChI=1S/C7H15NO2/c1-8-3-2-6(5-9)7(10)4-8/h6-7,9-10H,2-5H2,1H3/t6?,7-/m1/s1. The summed E-state index contributed by atoms with van der Waals surface area (Å²) in [6.07, 6.45) is 0.581. The maximum Gasteiger partial charge on any atom is 0.0717 e. The lowest BCUT2D eigenvalue weighted by atomic mass is 9.95. The molecule has 10 heavy (non-hydrogen) atoms. The zero-order valence-electron chi connectivity index (χ0n) is 6.32. The summed E-state index contributed by atoms with van der Waals surface area (Å²) < 4.78 is 0. The molecule has 1 fully saturated rings. The molecule has 0 saturated carbocycles. The number of likely N-dealkylation sites (N-methyl/N-ethyl adjacent to an activating group) is 1. The maximum absolute atomic E-state index is 9.34. The van der Waals surface area contributed by atoms with Gasteiger partial charge in [0.15, 0.2) is 0 Å². The minimum Gasteiger partial charge on any atom is -0.396 e. The molecule has 1 saturated heterocycles. The van der Waals surface area contributed by atoms with Crippen molar-refractivity contribution in [2.24, 2.45) is 5.92 Å². The van der Waals surface area contributed by atoms with Crippen LogP contribution in [0.15, 0.2) is 0 Å². The molecule has 1 aliphatic heterocycles. The van der Waals surface area contributed by atoms with E-state index in [9.17, 15) is 5.11 Å². The van der Waals surface area contributed by atoms with E-state index < -0.39 is 0 Å². The second kappa shape index (κ2) is 3.32. The van der Waals surface area contributed by atoms with Gasteiger partial charge in [-0.05, 0) is 20.0 Å². The van der Waals surface area contributed by atoms with Gasteiger partial charge in [-0.1, -0.05) is 0 Å². The molecule has 0 spiro atoms. The monoisotopic (exact) mass is 145 g/mol. The Labute approximate surface area is 61.3 Å². The molecular weight excluding hydrogens is 130 g/mol. The summed E-state index contributed by atoms with van der Waals surface area (Å²) in [5.74, 6) is 0.108. The Morgan fingerprint density at radius 2 is 2.30 bits per heavy atom. The van der Waals surface area contributed by atoms with Gasteiger partial charge in [0.25, 0.3) is 0 Å². The normalized spacial score (nSPS) is 36.3. The lowest BCUT2D eigenvalue weighted by Crippen LogP contribution is -2.42. The van der Waals surface area contributed by atoms with Crippen LogP contribution in [0.25, 0.3) is 0 Å². The number of aliphatic hydroxyl groups is 2. The Kier molecular flexibility index (Phi) is 2.65. The highest BCUT2D eigenvalue weighted by molar-refractivity contribution is 4.77. The van der Waals surface area contributed by atoms with Gasteiger partial charge in [-0.3, -0.25) is 0 Å². The van der Waals surface area contributed by atoms with Crippen LogP contribution in [0.5, 0.6) is 0 Å². The Balaban J connectivity index is 2.36. The number of nitrogens with zero attached hydrogens (tertiary/aromatic N) is 1. The molecular formula is C7H15NO2. The van der Waals surface area contributed by atoms with Crippen LogP contribution >= 0.6 is 0 Å². The van der Waals surface area contributed by atoms with Gasteiger partial charge in [-0.25, -0.2) is 0 Å². The predicted molar refractivity (Wildman–Crippen MR) is 38.7 cm³/mol. The van der Waals surface area contributed by atoms with Crippen LogP contribution in [-0.4, -0.2) is 48.0 Å². The molecule has 0 aromatic rings. The fourth-order valence-corrected chi connectivity index (χ4v) is 1.35. The minimum atomic E-state index is -0.330. The third-order valence-electron chi connectivity index (χ3n) is 2.16. The van der Waals surface area contributed by atoms with E-state index in [1.807, 2.05) is 7.05 Å². The first-order chi connectivity index (χ1) is 4.74. The number of rotatable bonds is 1. The van der Waals surface area contributed by atoms with Crippen LogP contribution in [0, 0.1) is 5.92 Å². The zero-order valence-corrected chi connectivity index (χ0v) is 6.32. The number of piperidine rings is 1. The van der Waals surface area contributed by atoms with Crippen molar-refractivity contribution >= 4 is 0 Å². The van der Waals surface area contributed by atoms with E-state index in [1.165, 1.54) is 0 Å². The fourth-order valence-electron chi connectivity index (χ4n) is 1.35. The average Bonchev–Trinajstić information content (AvgIpc) is 1.88. The van der Waals surface area contributed by atoms with E-state index in [1.54, 1.807) is 0 Å². The summed E-state index contributed by atoms with van der Waals surface area (Å²) in [7, 11) is 1.98. The highest BCUT2D eigenvalue weighted by Gasteiger charge is 2.24. The smallest absolute Gasteiger partial charge is 0.0717 e. The van der Waals surface area contributed by atoms with Gasteiger partial charge in [0, 0.05) is 19.1 Å². The largest absolute Gasteiger partial charge is 0.396 e. The topological polar surface area (TPSA) is 43.7 Å². The lowest BCUT2D eigenvalue weighted by molar-refractivity contribution is 0.00664. The third-order valence-corrected chi connectivity index (χ3v) is 2.16. The highest BCUT2D eigenvalue weighted by Crippen LogP contribution is 2.15. The molecule has 0 aliphatic carbocycles. The first-order valence-electron chi connectivity index (χ1n) is 3.71. The van der Waals surface area contributed by atoms with Crippen LogP contribution in [0.4, 0.5) is 0 Å². The van der Waals surface area contributed by atoms with Gasteiger partial charge >= 0.3 is 0 Å². The zero-order chi connectivity index (χ0) is 7.56. The van der Waals surface area contributed by atoms with E-state index >= 15 is 0 Å². The van der Waals surface area contributed by atoms with Crippen LogP contribution in [0.2, 0.25) is 0 Å². The molecule has 0 bridgehead atoms. The van der Waals surface area contributed by atoms with Gasteiger partial charge in [-0.15, -0.1) is 0 Å². The minimum absolute atomic E-state index is 0.108. The van der Waals surface area contributed by atoms with Crippen molar-refractivity contribution in [1.82, 2.24) is 4.90 Å². The van der Waals surface area contributed by atoms with Crippen molar-refractivity contribution in [3.8, 4) is 0 Å². The van der Waals surface area contributed by atoms with Crippen LogP contribution < -0.4 is 0 Å². The van der Waals surface area contributed by atoms with Crippen LogP contribution in [0.3, 0.4) is 0 Å². The number of hydrogen-bond acceptors (Lipinski definition) is 3. The number of aliphatic hydroxyl groups excluding tert-OH is 2. The van der Waals surface area contributed by atoms with Gasteiger partial charge < -0.3 is 15.1 Å². The Morgan fingerprint density at radius 3 is 2.80 bits per heavy atom. The molecule has 1 heterocycles. The molecule has 2 N–H and O–H groups in total. The number of likely N-dealkylation sites (tertiary alicyclic amines) is 1. The molecule has 0 aromatic heterocycles. The molecule has 1 unspecified atom stereocenters. The lowest BCUT2D eigenvalue weighted by Gasteiger charge is -2.32. The van der Waals surface area contributed by atoms with Crippen LogP contribution in [0.1, 0.15) is 6.42 Å². The molecule has 60 valence electrons. The highest BCUT2D eigenvalue weighted by atomic mass is 16.3. The quantitative estimate of drug-likeness (QED) is 0.512. The van der Waals surface area contributed by atoms with Crippen molar-refractivity contribution in [3.05, 3.63) is 0 Å². The summed E-state index contributed by atoms with van der Waals surface area (Å²) in [6.45, 7) is 1.81. The Hall–Kier alpha value is -0.120. The summed E-state index contributed by atoms with van der Waals surface area (Å²) in [6, 6.07) is 0. The fraction of sp³-hybridized carbons (Fsp3) is 1.00. The van der Waals surface area contributed by atoms with Gasteiger partial charge in [-0.2, -0.15) is 0 Å². The summed E-state index contributed by atoms with van der Waals surface area (Å²) >= 11 is 0. The SMILES string of the molecule is CN1CCC(CO)[C@H](O)C1. The van der Waals surface area contributed by atoms with Crippen molar-refractivity contribution in [1.29, 1.82) is 0 Å². The summed E-state index contributed by atoms with van der Waals surface area (Å²) in [5.41, 5.74) is 0. The van der Waals surface area contributed by atoms with Gasteiger partial charge in [0.2, 0.25) is 0 Å². The van der Waals surface area contributed by atoms with E-state index in [0.29, 0.717) is 6.54 Å². The summed E-state index contributed by atoms with van der Waals surface area (Å²) in [4.78, 5) is 2.08. The second-order valence-electron chi connectivity index (χ2n) is 3.06. The molecule has 1 rings (SSSR count). The maximum atomic E-state index is 9.34. The molecule has 2 atom stereocenters. The molecule has 3 nitrogen and oxygen atoms in total.